The Morgan fingerprint density at radius 1 is 1.09 bits per heavy atom. The molecule has 0 atom stereocenters. The molecule has 0 aliphatic rings. The van der Waals surface area contributed by atoms with Crippen LogP contribution >= 0.6 is 23.2 Å². The molecule has 0 aliphatic carbocycles. The van der Waals surface area contributed by atoms with Gasteiger partial charge < -0.3 is 15.4 Å². The zero-order chi connectivity index (χ0) is 15.9. The van der Waals surface area contributed by atoms with E-state index < -0.39 is 0 Å². The van der Waals surface area contributed by atoms with Crippen molar-refractivity contribution in [1.29, 1.82) is 0 Å². The molecule has 0 unspecified atom stereocenters. The van der Waals surface area contributed by atoms with Crippen molar-refractivity contribution in [1.82, 2.24) is 0 Å². The Morgan fingerprint density at radius 2 is 1.77 bits per heavy atom. The molecule has 2 aromatic carbocycles. The van der Waals surface area contributed by atoms with Crippen LogP contribution in [0.15, 0.2) is 42.5 Å². The molecule has 0 fully saturated rings. The summed E-state index contributed by atoms with van der Waals surface area (Å²) in [6.07, 6.45) is 0. The third-order valence-electron chi connectivity index (χ3n) is 2.85. The molecule has 0 aromatic heterocycles. The number of carbonyl (C=O) groups is 1. The molecule has 0 radical (unpaired) electrons. The van der Waals surface area contributed by atoms with Crippen molar-refractivity contribution in [2.75, 3.05) is 23.8 Å². The van der Waals surface area contributed by atoms with Gasteiger partial charge in [-0.2, -0.15) is 0 Å². The first-order valence-corrected chi connectivity index (χ1v) is 7.57. The van der Waals surface area contributed by atoms with Gasteiger partial charge in [0.05, 0.1) is 34.6 Å². The summed E-state index contributed by atoms with van der Waals surface area (Å²) in [6.45, 7) is 2.54. The summed E-state index contributed by atoms with van der Waals surface area (Å²) in [5.74, 6) is 0.454. The summed E-state index contributed by atoms with van der Waals surface area (Å²) in [5, 5.41) is 6.53. The van der Waals surface area contributed by atoms with Crippen molar-refractivity contribution in [2.45, 2.75) is 6.92 Å². The standard InChI is InChI=1S/C16H16Cl2N2O2/c1-2-22-14-9-4-3-8-13(14)19-10-15(21)20-16-11(17)6-5-7-12(16)18/h3-9,19H,2,10H2,1H3,(H,20,21). The van der Waals surface area contributed by atoms with Crippen LogP contribution in [-0.2, 0) is 4.79 Å². The van der Waals surface area contributed by atoms with E-state index >= 15 is 0 Å². The van der Waals surface area contributed by atoms with Crippen LogP contribution in [0.25, 0.3) is 0 Å². The number of amides is 1. The Hall–Kier alpha value is -1.91. The van der Waals surface area contributed by atoms with Crippen molar-refractivity contribution in [3.8, 4) is 5.75 Å². The fraction of sp³-hybridized carbons (Fsp3) is 0.188. The van der Waals surface area contributed by atoms with Crippen LogP contribution in [0.3, 0.4) is 0 Å². The molecule has 1 amide bonds. The fourth-order valence-corrected chi connectivity index (χ4v) is 2.36. The first-order valence-electron chi connectivity index (χ1n) is 6.81. The number of carbonyl (C=O) groups excluding carboxylic acids is 1. The minimum absolute atomic E-state index is 0.0750. The van der Waals surface area contributed by atoms with E-state index in [4.69, 9.17) is 27.9 Å². The molecular weight excluding hydrogens is 323 g/mol. The quantitative estimate of drug-likeness (QED) is 0.818. The lowest BCUT2D eigenvalue weighted by molar-refractivity contribution is -0.114. The van der Waals surface area contributed by atoms with Crippen LogP contribution in [-0.4, -0.2) is 19.1 Å². The van der Waals surface area contributed by atoms with Gasteiger partial charge in [0, 0.05) is 0 Å². The second-order valence-electron chi connectivity index (χ2n) is 4.43. The third-order valence-corrected chi connectivity index (χ3v) is 3.48. The van der Waals surface area contributed by atoms with Crippen LogP contribution in [0.2, 0.25) is 10.0 Å². The molecule has 6 heteroatoms. The minimum Gasteiger partial charge on any atom is -0.492 e. The smallest absolute Gasteiger partial charge is 0.243 e. The summed E-state index contributed by atoms with van der Waals surface area (Å²) in [7, 11) is 0. The maximum Gasteiger partial charge on any atom is 0.243 e. The molecule has 0 spiro atoms. The molecule has 0 aliphatic heterocycles. The highest BCUT2D eigenvalue weighted by atomic mass is 35.5. The number of hydrogen-bond acceptors (Lipinski definition) is 3. The molecule has 4 nitrogen and oxygen atoms in total. The third kappa shape index (κ3) is 4.29. The van der Waals surface area contributed by atoms with Crippen LogP contribution in [0.1, 0.15) is 6.92 Å². The largest absolute Gasteiger partial charge is 0.492 e. The van der Waals surface area contributed by atoms with Crippen molar-refractivity contribution in [3.05, 3.63) is 52.5 Å². The number of para-hydroxylation sites is 3. The Labute approximate surface area is 139 Å². The second kappa shape index (κ2) is 7.92. The van der Waals surface area contributed by atoms with E-state index in [0.717, 1.165) is 5.69 Å². The molecule has 2 N–H and O–H groups in total. The predicted molar refractivity (Wildman–Crippen MR) is 91.2 cm³/mol. The van der Waals surface area contributed by atoms with E-state index in [9.17, 15) is 4.79 Å². The number of benzene rings is 2. The first-order chi connectivity index (χ1) is 10.6. The minimum atomic E-state index is -0.249. The van der Waals surface area contributed by atoms with Gasteiger partial charge in [-0.15, -0.1) is 0 Å². The van der Waals surface area contributed by atoms with Gasteiger partial charge in [-0.1, -0.05) is 41.4 Å². The summed E-state index contributed by atoms with van der Waals surface area (Å²) in [5.41, 5.74) is 1.17. The van der Waals surface area contributed by atoms with Gasteiger partial charge in [-0.3, -0.25) is 4.79 Å². The van der Waals surface area contributed by atoms with Crippen molar-refractivity contribution >= 4 is 40.5 Å². The van der Waals surface area contributed by atoms with Gasteiger partial charge in [0.1, 0.15) is 5.75 Å². The fourth-order valence-electron chi connectivity index (χ4n) is 1.87. The monoisotopic (exact) mass is 338 g/mol. The number of nitrogens with one attached hydrogen (secondary N) is 2. The van der Waals surface area contributed by atoms with Crippen molar-refractivity contribution in [2.24, 2.45) is 0 Å². The van der Waals surface area contributed by atoms with Crippen LogP contribution in [0.5, 0.6) is 5.75 Å². The molecule has 0 saturated carbocycles. The Morgan fingerprint density at radius 3 is 2.45 bits per heavy atom. The van der Waals surface area contributed by atoms with E-state index in [-0.39, 0.29) is 12.5 Å². The zero-order valence-electron chi connectivity index (χ0n) is 12.0. The Kier molecular flexibility index (Phi) is 5.92. The molecule has 2 aromatic rings. The highest BCUT2D eigenvalue weighted by molar-refractivity contribution is 6.39. The van der Waals surface area contributed by atoms with Crippen LogP contribution in [0, 0.1) is 0 Å². The lowest BCUT2D eigenvalue weighted by Crippen LogP contribution is -2.22. The van der Waals surface area contributed by atoms with Gasteiger partial charge in [-0.05, 0) is 31.2 Å². The van der Waals surface area contributed by atoms with Gasteiger partial charge in [0.2, 0.25) is 5.91 Å². The molecule has 2 rings (SSSR count). The summed E-state index contributed by atoms with van der Waals surface area (Å²) in [4.78, 5) is 12.0. The zero-order valence-corrected chi connectivity index (χ0v) is 13.5. The lowest BCUT2D eigenvalue weighted by atomic mass is 10.3. The van der Waals surface area contributed by atoms with Gasteiger partial charge in [0.25, 0.3) is 0 Å². The molecule has 22 heavy (non-hydrogen) atoms. The van der Waals surface area contributed by atoms with Crippen LogP contribution < -0.4 is 15.4 Å². The second-order valence-corrected chi connectivity index (χ2v) is 5.24. The molecule has 0 heterocycles. The topological polar surface area (TPSA) is 50.4 Å². The maximum absolute atomic E-state index is 12.0. The van der Waals surface area contributed by atoms with Gasteiger partial charge in [0.15, 0.2) is 0 Å². The Balaban J connectivity index is 1.99. The molecule has 116 valence electrons. The number of hydrogen-bond donors (Lipinski definition) is 2. The summed E-state index contributed by atoms with van der Waals surface area (Å²) >= 11 is 12.0. The SMILES string of the molecule is CCOc1ccccc1NCC(=O)Nc1c(Cl)cccc1Cl. The van der Waals surface area contributed by atoms with E-state index in [1.54, 1.807) is 18.2 Å². The Bertz CT molecular complexity index is 642. The summed E-state index contributed by atoms with van der Waals surface area (Å²) in [6, 6.07) is 12.5. The first kappa shape index (κ1) is 16.5. The number of anilines is 2. The number of rotatable bonds is 6. The van der Waals surface area contributed by atoms with Crippen LogP contribution in [0.4, 0.5) is 11.4 Å². The highest BCUT2D eigenvalue weighted by Crippen LogP contribution is 2.29. The number of halogens is 2. The van der Waals surface area contributed by atoms with Crippen molar-refractivity contribution < 1.29 is 9.53 Å². The van der Waals surface area contributed by atoms with Crippen molar-refractivity contribution in [3.63, 3.8) is 0 Å². The van der Waals surface area contributed by atoms with E-state index in [0.29, 0.717) is 28.1 Å². The average molecular weight is 339 g/mol. The highest BCUT2D eigenvalue weighted by Gasteiger charge is 2.10. The molecule has 0 saturated heterocycles. The maximum atomic E-state index is 12.0. The molecule has 0 bridgehead atoms. The predicted octanol–water partition coefficient (Wildman–Crippen LogP) is 4.44. The number of ether oxygens (including phenoxy) is 1. The molecular formula is C16H16Cl2N2O2. The van der Waals surface area contributed by atoms with E-state index in [1.165, 1.54) is 0 Å². The van der Waals surface area contributed by atoms with E-state index in [1.807, 2.05) is 31.2 Å². The normalized spacial score (nSPS) is 10.1. The van der Waals surface area contributed by atoms with Gasteiger partial charge >= 0.3 is 0 Å². The summed E-state index contributed by atoms with van der Waals surface area (Å²) < 4.78 is 5.49. The van der Waals surface area contributed by atoms with E-state index in [2.05, 4.69) is 10.6 Å². The average Bonchev–Trinajstić information content (AvgIpc) is 2.50. The lowest BCUT2D eigenvalue weighted by Gasteiger charge is -2.13. The van der Waals surface area contributed by atoms with Gasteiger partial charge in [-0.25, -0.2) is 0 Å².